The molecule has 0 radical (unpaired) electrons. The Morgan fingerprint density at radius 1 is 1.25 bits per heavy atom. The number of carbonyl (C=O) groups excluding carboxylic acids is 2. The summed E-state index contributed by atoms with van der Waals surface area (Å²) in [5.41, 5.74) is 2.04. The van der Waals surface area contributed by atoms with Gasteiger partial charge in [0.05, 0.1) is 11.5 Å². The van der Waals surface area contributed by atoms with Gasteiger partial charge in [0, 0.05) is 42.8 Å². The summed E-state index contributed by atoms with van der Waals surface area (Å²) in [5.74, 6) is 0.0500. The number of aliphatic imine (C=N–C) groups is 1. The van der Waals surface area contributed by atoms with E-state index in [0.717, 1.165) is 11.1 Å². The Labute approximate surface area is 166 Å². The molecule has 1 fully saturated rings. The van der Waals surface area contributed by atoms with Crippen molar-refractivity contribution in [3.63, 3.8) is 0 Å². The van der Waals surface area contributed by atoms with Gasteiger partial charge in [-0.15, -0.1) is 0 Å². The summed E-state index contributed by atoms with van der Waals surface area (Å²) < 4.78 is 0. The van der Waals surface area contributed by atoms with Crippen molar-refractivity contribution in [2.24, 2.45) is 10.9 Å². The second-order valence-corrected chi connectivity index (χ2v) is 7.36. The van der Waals surface area contributed by atoms with Crippen LogP contribution in [0.5, 0.6) is 0 Å². The molecule has 1 atom stereocenters. The van der Waals surface area contributed by atoms with Gasteiger partial charge in [-0.25, -0.2) is 4.98 Å². The third kappa shape index (κ3) is 3.50. The molecule has 0 bridgehead atoms. The van der Waals surface area contributed by atoms with E-state index in [1.807, 2.05) is 41.3 Å². The van der Waals surface area contributed by atoms with E-state index in [1.54, 1.807) is 25.5 Å². The van der Waals surface area contributed by atoms with Gasteiger partial charge in [0.2, 0.25) is 5.91 Å². The molecule has 3 heterocycles. The highest BCUT2D eigenvalue weighted by Gasteiger charge is 2.31. The van der Waals surface area contributed by atoms with Crippen molar-refractivity contribution in [2.45, 2.75) is 0 Å². The predicted octanol–water partition coefficient (Wildman–Crippen LogP) is 2.67. The lowest BCUT2D eigenvalue weighted by Gasteiger charge is -2.33. The highest BCUT2D eigenvalue weighted by atomic mass is 32.2. The Balaban J connectivity index is 1.68. The average Bonchev–Trinajstić information content (AvgIpc) is 3.18. The van der Waals surface area contributed by atoms with Gasteiger partial charge in [0.25, 0.3) is 5.91 Å². The lowest BCUT2D eigenvalue weighted by Crippen LogP contribution is -2.45. The van der Waals surface area contributed by atoms with E-state index < -0.39 is 0 Å². The zero-order valence-corrected chi connectivity index (χ0v) is 16.1. The Kier molecular flexibility index (Phi) is 5.12. The van der Waals surface area contributed by atoms with Gasteiger partial charge in [-0.05, 0) is 24.3 Å². The molecule has 8 heteroatoms. The van der Waals surface area contributed by atoms with E-state index in [-0.39, 0.29) is 17.7 Å². The molecule has 3 aromatic rings. The number of H-pyrrole nitrogens is 1. The second-order valence-electron chi connectivity index (χ2n) is 6.37. The number of nitrogens with one attached hydrogen (secondary N) is 2. The number of anilines is 1. The van der Waals surface area contributed by atoms with Crippen molar-refractivity contribution < 1.29 is 9.59 Å². The molecule has 0 aliphatic carbocycles. The first-order valence-electron chi connectivity index (χ1n) is 8.89. The molecule has 4 rings (SSSR count). The van der Waals surface area contributed by atoms with Crippen molar-refractivity contribution >= 4 is 45.5 Å². The van der Waals surface area contributed by atoms with Gasteiger partial charge >= 0.3 is 0 Å². The Morgan fingerprint density at radius 2 is 2.07 bits per heavy atom. The van der Waals surface area contributed by atoms with E-state index in [4.69, 9.17) is 0 Å². The van der Waals surface area contributed by atoms with Gasteiger partial charge in [0.1, 0.15) is 5.65 Å². The molecule has 28 heavy (non-hydrogen) atoms. The van der Waals surface area contributed by atoms with Crippen molar-refractivity contribution in [1.82, 2.24) is 15.3 Å². The van der Waals surface area contributed by atoms with Crippen LogP contribution < -0.4 is 10.2 Å². The van der Waals surface area contributed by atoms with Gasteiger partial charge in [-0.2, -0.15) is 4.99 Å². The number of aromatic amines is 1. The standard InChI is InChI=1S/C20H19N5O2S/c1-21-18(26)13-11-25(14-6-3-2-4-7-14)20(28-12-13)24-19(27)16-10-23-17-15(16)8-5-9-22-17/h2-10,13H,11-12H2,1H3,(H,21,26)(H,22,23)/b24-20-. The van der Waals surface area contributed by atoms with Gasteiger partial charge in [-0.3, -0.25) is 9.59 Å². The highest BCUT2D eigenvalue weighted by molar-refractivity contribution is 8.14. The van der Waals surface area contributed by atoms with Crippen LogP contribution >= 0.6 is 11.8 Å². The van der Waals surface area contributed by atoms with Crippen LogP contribution in [0.15, 0.2) is 59.9 Å². The fourth-order valence-corrected chi connectivity index (χ4v) is 4.25. The van der Waals surface area contributed by atoms with E-state index >= 15 is 0 Å². The number of thioether (sulfide) groups is 1. The minimum atomic E-state index is -0.332. The summed E-state index contributed by atoms with van der Waals surface area (Å²) in [4.78, 5) is 38.6. The van der Waals surface area contributed by atoms with Crippen LogP contribution in [-0.4, -0.2) is 46.3 Å². The lowest BCUT2D eigenvalue weighted by atomic mass is 10.1. The number of nitrogens with zero attached hydrogens (tertiary/aromatic N) is 3. The minimum Gasteiger partial charge on any atom is -0.359 e. The largest absolute Gasteiger partial charge is 0.359 e. The molecular weight excluding hydrogens is 374 g/mol. The number of rotatable bonds is 3. The summed E-state index contributed by atoms with van der Waals surface area (Å²) in [6.45, 7) is 0.470. The molecule has 142 valence electrons. The molecule has 2 N–H and O–H groups in total. The Bertz CT molecular complexity index is 1050. The zero-order valence-electron chi connectivity index (χ0n) is 15.3. The third-order valence-corrected chi connectivity index (χ3v) is 5.75. The maximum atomic E-state index is 12.9. The number of pyridine rings is 1. The number of aromatic nitrogens is 2. The molecule has 1 aliphatic heterocycles. The summed E-state index contributed by atoms with van der Waals surface area (Å²) in [6.07, 6.45) is 3.31. The maximum absolute atomic E-state index is 12.9. The van der Waals surface area contributed by atoms with Crippen molar-refractivity contribution in [2.75, 3.05) is 24.2 Å². The monoisotopic (exact) mass is 393 g/mol. The quantitative estimate of drug-likeness (QED) is 0.714. The zero-order chi connectivity index (χ0) is 19.5. The molecule has 1 aromatic carbocycles. The lowest BCUT2D eigenvalue weighted by molar-refractivity contribution is -0.123. The third-order valence-electron chi connectivity index (χ3n) is 4.61. The van der Waals surface area contributed by atoms with Crippen molar-refractivity contribution in [1.29, 1.82) is 0 Å². The van der Waals surface area contributed by atoms with Crippen LogP contribution in [-0.2, 0) is 4.79 Å². The van der Waals surface area contributed by atoms with Crippen molar-refractivity contribution in [3.8, 4) is 0 Å². The fraction of sp³-hybridized carbons (Fsp3) is 0.200. The molecule has 7 nitrogen and oxygen atoms in total. The molecule has 2 aromatic heterocycles. The van der Waals surface area contributed by atoms with Gasteiger partial charge in [-0.1, -0.05) is 30.0 Å². The van der Waals surface area contributed by atoms with Gasteiger partial charge < -0.3 is 15.2 Å². The molecule has 1 aliphatic rings. The molecular formula is C20H19N5O2S. The number of hydrogen-bond acceptors (Lipinski definition) is 4. The Morgan fingerprint density at radius 3 is 2.86 bits per heavy atom. The number of para-hydroxylation sites is 1. The first-order chi connectivity index (χ1) is 13.7. The van der Waals surface area contributed by atoms with Gasteiger partial charge in [0.15, 0.2) is 5.17 Å². The minimum absolute atomic E-state index is 0.0125. The predicted molar refractivity (Wildman–Crippen MR) is 112 cm³/mol. The topological polar surface area (TPSA) is 90.4 Å². The fourth-order valence-electron chi connectivity index (χ4n) is 3.16. The molecule has 1 saturated heterocycles. The van der Waals surface area contributed by atoms with Crippen LogP contribution in [0.25, 0.3) is 11.0 Å². The average molecular weight is 393 g/mol. The Hall–Kier alpha value is -3.13. The number of hydrogen-bond donors (Lipinski definition) is 2. The number of benzene rings is 1. The van der Waals surface area contributed by atoms with Crippen LogP contribution in [0.2, 0.25) is 0 Å². The summed E-state index contributed by atoms with van der Waals surface area (Å²) in [7, 11) is 1.64. The molecule has 2 amide bonds. The second kappa shape index (κ2) is 7.85. The first-order valence-corrected chi connectivity index (χ1v) is 9.88. The molecule has 0 saturated carbocycles. The van der Waals surface area contributed by atoms with E-state index in [9.17, 15) is 9.59 Å². The van der Waals surface area contributed by atoms with E-state index in [1.165, 1.54) is 11.8 Å². The smallest absolute Gasteiger partial charge is 0.281 e. The van der Waals surface area contributed by atoms with Crippen LogP contribution in [0.4, 0.5) is 5.69 Å². The van der Waals surface area contributed by atoms with Crippen LogP contribution in [0.3, 0.4) is 0 Å². The number of amidine groups is 1. The number of fused-ring (bicyclic) bond motifs is 1. The summed E-state index contributed by atoms with van der Waals surface area (Å²) in [6, 6.07) is 13.3. The van der Waals surface area contributed by atoms with E-state index in [0.29, 0.717) is 28.7 Å². The highest BCUT2D eigenvalue weighted by Crippen LogP contribution is 2.28. The first kappa shape index (κ1) is 18.2. The maximum Gasteiger partial charge on any atom is 0.281 e. The SMILES string of the molecule is CNC(=O)C1CS/C(=N\C(=O)c2c[nH]c3ncccc23)N(c2ccccc2)C1. The molecule has 0 spiro atoms. The normalized spacial score (nSPS) is 18.4. The van der Waals surface area contributed by atoms with Crippen molar-refractivity contribution in [3.05, 3.63) is 60.4 Å². The van der Waals surface area contributed by atoms with Crippen LogP contribution in [0, 0.1) is 5.92 Å². The number of carbonyl (C=O) groups is 2. The summed E-state index contributed by atoms with van der Waals surface area (Å²) >= 11 is 1.42. The number of amides is 2. The summed E-state index contributed by atoms with van der Waals surface area (Å²) in [5, 5.41) is 4.04. The molecule has 1 unspecified atom stereocenters. The van der Waals surface area contributed by atoms with Crippen LogP contribution in [0.1, 0.15) is 10.4 Å². The van der Waals surface area contributed by atoms with E-state index in [2.05, 4.69) is 20.3 Å².